The molecule has 0 fully saturated rings. The number of hydrogen-bond donors (Lipinski definition) is 2. The number of carbonyl (C=O) groups is 1. The van der Waals surface area contributed by atoms with Crippen LogP contribution < -0.4 is 20.8 Å². The summed E-state index contributed by atoms with van der Waals surface area (Å²) in [6, 6.07) is 8.72. The van der Waals surface area contributed by atoms with Gasteiger partial charge in [-0.25, -0.2) is 9.78 Å². The van der Waals surface area contributed by atoms with E-state index in [1.165, 1.54) is 4.68 Å². The van der Waals surface area contributed by atoms with Crippen LogP contribution in [0.25, 0.3) is 15.9 Å². The number of pyridine rings is 1. The number of carbonyl (C=O) groups excluding carboxylic acids is 1. The quantitative estimate of drug-likeness (QED) is 0.403. The molecule has 3 N–H and O–H groups in total. The van der Waals surface area contributed by atoms with E-state index in [1.807, 2.05) is 19.9 Å². The maximum absolute atomic E-state index is 13.2. The van der Waals surface area contributed by atoms with E-state index in [0.717, 1.165) is 22.6 Å². The Bertz CT molecular complexity index is 1270. The molecule has 0 radical (unpaired) electrons. The van der Waals surface area contributed by atoms with Crippen LogP contribution >= 0.6 is 11.3 Å². The molecule has 0 unspecified atom stereocenters. The van der Waals surface area contributed by atoms with Crippen molar-refractivity contribution in [1.29, 1.82) is 0 Å². The molecule has 0 amide bonds. The molecule has 0 saturated carbocycles. The third-order valence-corrected chi connectivity index (χ3v) is 5.68. The number of nitrogens with zero attached hydrogens (tertiary/aromatic N) is 2. The second kappa shape index (κ2) is 6.61. The smallest absolute Gasteiger partial charge is 0.439 e. The number of hydrogen-bond acceptors (Lipinski definition) is 7. The van der Waals surface area contributed by atoms with Crippen LogP contribution in [0.1, 0.15) is 26.6 Å². The molecule has 1 aromatic carbocycles. The van der Waals surface area contributed by atoms with E-state index >= 15 is 0 Å². The minimum Gasteiger partial charge on any atom is -0.497 e. The number of aryl methyl sites for hydroxylation is 2. The summed E-state index contributed by atoms with van der Waals surface area (Å²) < 4.78 is 11.3. The Balaban J connectivity index is 1.85. The standard InChI is InChI=1S/C19H16N4O4S/c1-9-8-13-14(20)17(28-18(13)21-10(9)2)16(24)15-19(25)27-22-23(15)11-4-6-12(26-3)7-5-11/h4-8H,1-3H3,(H2-,20,22,24,25)/p+1. The lowest BCUT2D eigenvalue weighted by Crippen LogP contribution is -2.41. The molecule has 4 aromatic rings. The number of ether oxygens (including phenoxy) is 1. The average molecular weight is 397 g/mol. The van der Waals surface area contributed by atoms with Crippen molar-refractivity contribution in [2.75, 3.05) is 12.8 Å². The van der Waals surface area contributed by atoms with E-state index in [4.69, 9.17) is 15.0 Å². The Morgan fingerprint density at radius 1 is 1.29 bits per heavy atom. The lowest BCUT2D eigenvalue weighted by Gasteiger charge is -1.99. The maximum Gasteiger partial charge on any atom is 0.439 e. The summed E-state index contributed by atoms with van der Waals surface area (Å²) in [6.07, 6.45) is 0. The summed E-state index contributed by atoms with van der Waals surface area (Å²) in [4.78, 5) is 30.9. The van der Waals surface area contributed by atoms with Gasteiger partial charge in [-0.3, -0.25) is 9.32 Å². The molecule has 0 bridgehead atoms. The summed E-state index contributed by atoms with van der Waals surface area (Å²) in [5.74, 6) is 0.121. The molecule has 0 aliphatic rings. The van der Waals surface area contributed by atoms with Crippen molar-refractivity contribution in [2.24, 2.45) is 0 Å². The summed E-state index contributed by atoms with van der Waals surface area (Å²) in [6.45, 7) is 3.82. The Morgan fingerprint density at radius 3 is 2.68 bits per heavy atom. The lowest BCUT2D eigenvalue weighted by molar-refractivity contribution is -0.672. The number of H-pyrrole nitrogens is 1. The summed E-state index contributed by atoms with van der Waals surface area (Å²) in [5.41, 5.74) is 7.96. The van der Waals surface area contributed by atoms with Gasteiger partial charge in [0, 0.05) is 23.2 Å². The van der Waals surface area contributed by atoms with Gasteiger partial charge in [-0.05, 0) is 47.6 Å². The molecule has 0 spiro atoms. The number of anilines is 1. The average Bonchev–Trinajstić information content (AvgIpc) is 3.22. The number of benzene rings is 1. The summed E-state index contributed by atoms with van der Waals surface area (Å²) >= 11 is 1.16. The minimum atomic E-state index is -0.780. The van der Waals surface area contributed by atoms with Crippen LogP contribution in [-0.2, 0) is 0 Å². The normalized spacial score (nSPS) is 11.1. The maximum atomic E-state index is 13.2. The highest BCUT2D eigenvalue weighted by Crippen LogP contribution is 2.34. The molecule has 4 rings (SSSR count). The van der Waals surface area contributed by atoms with Crippen LogP contribution in [0, 0.1) is 13.8 Å². The van der Waals surface area contributed by atoms with Crippen LogP contribution in [0.4, 0.5) is 5.69 Å². The molecule has 3 aromatic heterocycles. The number of thiophene rings is 1. The fourth-order valence-corrected chi connectivity index (χ4v) is 3.95. The number of rotatable bonds is 4. The number of nitrogens with one attached hydrogen (secondary N) is 1. The first kappa shape index (κ1) is 17.9. The second-order valence-electron chi connectivity index (χ2n) is 6.28. The molecule has 3 heterocycles. The van der Waals surface area contributed by atoms with Gasteiger partial charge < -0.3 is 10.5 Å². The molecule has 0 saturated heterocycles. The third-order valence-electron chi connectivity index (χ3n) is 4.56. The van der Waals surface area contributed by atoms with E-state index in [2.05, 4.69) is 10.3 Å². The van der Waals surface area contributed by atoms with Crippen LogP contribution in [0.15, 0.2) is 39.6 Å². The fourth-order valence-electron chi connectivity index (χ4n) is 2.88. The number of nitrogen functional groups attached to an aromatic ring is 1. The second-order valence-corrected chi connectivity index (χ2v) is 7.28. The Kier molecular flexibility index (Phi) is 4.23. The van der Waals surface area contributed by atoms with Crippen molar-refractivity contribution in [1.82, 2.24) is 10.3 Å². The molecular formula is C19H17N4O4S+. The first-order valence-corrected chi connectivity index (χ1v) is 9.21. The van der Waals surface area contributed by atoms with Crippen LogP contribution in [0.5, 0.6) is 5.75 Å². The van der Waals surface area contributed by atoms with Crippen LogP contribution in [0.2, 0.25) is 0 Å². The van der Waals surface area contributed by atoms with Gasteiger partial charge in [-0.1, -0.05) is 0 Å². The highest BCUT2D eigenvalue weighted by molar-refractivity contribution is 7.21. The van der Waals surface area contributed by atoms with Gasteiger partial charge >= 0.3 is 11.3 Å². The Hall–Kier alpha value is -3.46. The fraction of sp³-hybridized carbons (Fsp3) is 0.158. The van der Waals surface area contributed by atoms with E-state index in [0.29, 0.717) is 27.3 Å². The Morgan fingerprint density at radius 2 is 2.00 bits per heavy atom. The van der Waals surface area contributed by atoms with E-state index in [1.54, 1.807) is 31.4 Å². The topological polar surface area (TPSA) is 115 Å². The van der Waals surface area contributed by atoms with Crippen LogP contribution in [-0.4, -0.2) is 23.1 Å². The SMILES string of the molecule is COc1ccc(-[n+]2[nH]oc(=O)c2C(=O)c2sc3nc(C)c(C)cc3c2N)cc1. The van der Waals surface area contributed by atoms with Gasteiger partial charge in [0.2, 0.25) is 5.69 Å². The predicted octanol–water partition coefficient (Wildman–Crippen LogP) is 2.29. The zero-order valence-electron chi connectivity index (χ0n) is 15.4. The number of nitrogens with two attached hydrogens (primary N) is 1. The predicted molar refractivity (Wildman–Crippen MR) is 104 cm³/mol. The van der Waals surface area contributed by atoms with Crippen molar-refractivity contribution in [3.63, 3.8) is 0 Å². The molecule has 0 aliphatic carbocycles. The Labute approximate surface area is 163 Å². The van der Waals surface area contributed by atoms with Gasteiger partial charge in [0.25, 0.3) is 5.78 Å². The van der Waals surface area contributed by atoms with E-state index < -0.39 is 11.4 Å². The number of ketones is 1. The number of aromatic nitrogens is 3. The van der Waals surface area contributed by atoms with Crippen molar-refractivity contribution in [2.45, 2.75) is 13.8 Å². The van der Waals surface area contributed by atoms with Gasteiger partial charge in [0.15, 0.2) is 0 Å². The zero-order chi connectivity index (χ0) is 20.0. The first-order valence-electron chi connectivity index (χ1n) is 8.39. The minimum absolute atomic E-state index is 0.170. The molecule has 0 atom stereocenters. The molecule has 142 valence electrons. The van der Waals surface area contributed by atoms with Gasteiger partial charge in [0.05, 0.1) is 12.8 Å². The molecule has 0 aliphatic heterocycles. The summed E-state index contributed by atoms with van der Waals surface area (Å²) in [5, 5.41) is 3.17. The molecule has 28 heavy (non-hydrogen) atoms. The monoisotopic (exact) mass is 397 g/mol. The van der Waals surface area contributed by atoms with Crippen molar-refractivity contribution >= 4 is 33.0 Å². The van der Waals surface area contributed by atoms with Crippen molar-refractivity contribution in [3.05, 3.63) is 62.6 Å². The largest absolute Gasteiger partial charge is 0.497 e. The van der Waals surface area contributed by atoms with Gasteiger partial charge in [-0.15, -0.1) is 11.3 Å². The number of fused-ring (bicyclic) bond motifs is 1. The van der Waals surface area contributed by atoms with Crippen molar-refractivity contribution < 1.29 is 18.7 Å². The lowest BCUT2D eigenvalue weighted by atomic mass is 10.1. The van der Waals surface area contributed by atoms with Gasteiger partial charge in [0.1, 0.15) is 15.5 Å². The molecule has 8 nitrogen and oxygen atoms in total. The highest BCUT2D eigenvalue weighted by atomic mass is 32.1. The molecular weight excluding hydrogens is 380 g/mol. The highest BCUT2D eigenvalue weighted by Gasteiger charge is 2.34. The van der Waals surface area contributed by atoms with Gasteiger partial charge in [-0.2, -0.15) is 0 Å². The third kappa shape index (κ3) is 2.76. The van der Waals surface area contributed by atoms with Crippen LogP contribution in [0.3, 0.4) is 0 Å². The van der Waals surface area contributed by atoms with Crippen molar-refractivity contribution in [3.8, 4) is 11.4 Å². The number of aromatic amines is 1. The summed E-state index contributed by atoms with van der Waals surface area (Å²) in [7, 11) is 1.55. The molecule has 9 heteroatoms. The number of methoxy groups -OCH3 is 1. The first-order chi connectivity index (χ1) is 13.4. The zero-order valence-corrected chi connectivity index (χ0v) is 16.2. The van der Waals surface area contributed by atoms with E-state index in [9.17, 15) is 9.59 Å². The van der Waals surface area contributed by atoms with E-state index in [-0.39, 0.29) is 10.6 Å².